The van der Waals surface area contributed by atoms with E-state index in [9.17, 15) is 5.11 Å². The molecule has 1 heterocycles. The van der Waals surface area contributed by atoms with Crippen molar-refractivity contribution in [1.29, 1.82) is 0 Å². The van der Waals surface area contributed by atoms with Gasteiger partial charge in [-0.1, -0.05) is 18.2 Å². The van der Waals surface area contributed by atoms with E-state index in [1.54, 1.807) is 0 Å². The van der Waals surface area contributed by atoms with Crippen molar-refractivity contribution in [1.82, 2.24) is 4.57 Å². The van der Waals surface area contributed by atoms with E-state index in [2.05, 4.69) is 10.5 Å². The third kappa shape index (κ3) is 1.74. The number of nitrogens with zero attached hydrogens (tertiary/aromatic N) is 1. The molecule has 0 spiro atoms. The Kier molecular flexibility index (Phi) is 2.75. The molecule has 15 heavy (non-hydrogen) atoms. The summed E-state index contributed by atoms with van der Waals surface area (Å²) in [6, 6.07) is 7.99. The Bertz CT molecular complexity index is 505. The molecule has 0 fully saturated rings. The van der Waals surface area contributed by atoms with Crippen molar-refractivity contribution in [3.05, 3.63) is 36.0 Å². The number of terminal acetylenes is 1. The van der Waals surface area contributed by atoms with Crippen molar-refractivity contribution in [2.75, 3.05) is 0 Å². The number of aliphatic hydroxyl groups is 1. The highest BCUT2D eigenvalue weighted by atomic mass is 16.3. The number of hydrogen-bond donors (Lipinski definition) is 1. The van der Waals surface area contributed by atoms with Gasteiger partial charge in [-0.3, -0.25) is 0 Å². The summed E-state index contributed by atoms with van der Waals surface area (Å²) >= 11 is 0. The van der Waals surface area contributed by atoms with Crippen molar-refractivity contribution in [3.63, 3.8) is 0 Å². The van der Waals surface area contributed by atoms with Crippen LogP contribution in [-0.4, -0.2) is 9.67 Å². The predicted molar refractivity (Wildman–Crippen MR) is 61.3 cm³/mol. The van der Waals surface area contributed by atoms with Gasteiger partial charge in [-0.25, -0.2) is 0 Å². The lowest BCUT2D eigenvalue weighted by Crippen LogP contribution is -1.97. The second-order valence-corrected chi connectivity index (χ2v) is 3.48. The van der Waals surface area contributed by atoms with Crippen LogP contribution in [0.5, 0.6) is 0 Å². The largest absolute Gasteiger partial charge is 0.392 e. The fraction of sp³-hybridized carbons (Fsp3) is 0.231. The summed E-state index contributed by atoms with van der Waals surface area (Å²) in [6.07, 6.45) is 7.97. The van der Waals surface area contributed by atoms with Gasteiger partial charge in [-0.2, -0.15) is 0 Å². The first-order chi connectivity index (χ1) is 7.36. The highest BCUT2D eigenvalue weighted by Gasteiger charge is 2.04. The number of rotatable bonds is 3. The summed E-state index contributed by atoms with van der Waals surface area (Å²) in [5, 5.41) is 10.4. The minimum absolute atomic E-state index is 0.0669. The van der Waals surface area contributed by atoms with Gasteiger partial charge >= 0.3 is 0 Å². The first-order valence-corrected chi connectivity index (χ1v) is 4.98. The molecule has 2 aromatic rings. The van der Waals surface area contributed by atoms with Gasteiger partial charge in [0.25, 0.3) is 0 Å². The molecule has 0 aliphatic rings. The lowest BCUT2D eigenvalue weighted by Gasteiger charge is -2.06. The molecule has 0 amide bonds. The Morgan fingerprint density at radius 3 is 2.93 bits per heavy atom. The summed E-state index contributed by atoms with van der Waals surface area (Å²) in [5.74, 6) is 2.62. The normalized spacial score (nSPS) is 10.4. The SMILES string of the molecule is C#CCCn1ccc2cccc(CO)c21. The quantitative estimate of drug-likeness (QED) is 0.753. The molecule has 2 nitrogen and oxygen atoms in total. The van der Waals surface area contributed by atoms with Gasteiger partial charge in [0.05, 0.1) is 12.1 Å². The third-order valence-electron chi connectivity index (χ3n) is 2.54. The van der Waals surface area contributed by atoms with Crippen LogP contribution in [-0.2, 0) is 13.2 Å². The lowest BCUT2D eigenvalue weighted by molar-refractivity contribution is 0.283. The number of hydrogen-bond acceptors (Lipinski definition) is 1. The molecule has 0 radical (unpaired) electrons. The number of benzene rings is 1. The zero-order chi connectivity index (χ0) is 10.7. The molecular formula is C13H13NO. The minimum Gasteiger partial charge on any atom is -0.392 e. The first kappa shape index (κ1) is 9.82. The highest BCUT2D eigenvalue weighted by molar-refractivity contribution is 5.83. The molecule has 1 aromatic heterocycles. The van der Waals surface area contributed by atoms with Gasteiger partial charge in [-0.05, 0) is 11.5 Å². The van der Waals surface area contributed by atoms with Crippen molar-refractivity contribution in [2.45, 2.75) is 19.6 Å². The van der Waals surface area contributed by atoms with E-state index in [-0.39, 0.29) is 6.61 Å². The smallest absolute Gasteiger partial charge is 0.0702 e. The van der Waals surface area contributed by atoms with E-state index in [1.165, 1.54) is 0 Å². The second-order valence-electron chi connectivity index (χ2n) is 3.48. The number of fused-ring (bicyclic) bond motifs is 1. The molecule has 0 aliphatic carbocycles. The van der Waals surface area contributed by atoms with E-state index >= 15 is 0 Å². The van der Waals surface area contributed by atoms with Crippen LogP contribution in [0.25, 0.3) is 10.9 Å². The fourth-order valence-corrected chi connectivity index (χ4v) is 1.84. The molecule has 1 aromatic carbocycles. The van der Waals surface area contributed by atoms with Crippen molar-refractivity contribution in [2.24, 2.45) is 0 Å². The Morgan fingerprint density at radius 2 is 2.20 bits per heavy atom. The molecule has 0 unspecified atom stereocenters. The summed E-state index contributed by atoms with van der Waals surface area (Å²) in [4.78, 5) is 0. The zero-order valence-corrected chi connectivity index (χ0v) is 8.48. The van der Waals surface area contributed by atoms with Crippen LogP contribution in [0.3, 0.4) is 0 Å². The molecule has 2 rings (SSSR count). The van der Waals surface area contributed by atoms with E-state index < -0.39 is 0 Å². The first-order valence-electron chi connectivity index (χ1n) is 4.98. The van der Waals surface area contributed by atoms with Crippen LogP contribution in [0.4, 0.5) is 0 Å². The van der Waals surface area contributed by atoms with Crippen LogP contribution in [0.2, 0.25) is 0 Å². The maximum absolute atomic E-state index is 9.25. The van der Waals surface area contributed by atoms with E-state index in [1.807, 2.05) is 30.5 Å². The highest BCUT2D eigenvalue weighted by Crippen LogP contribution is 2.20. The molecule has 2 heteroatoms. The average Bonchev–Trinajstić information content (AvgIpc) is 2.69. The molecule has 0 saturated heterocycles. The Balaban J connectivity index is 2.51. The summed E-state index contributed by atoms with van der Waals surface area (Å²) in [5.41, 5.74) is 2.05. The molecule has 0 saturated carbocycles. The monoisotopic (exact) mass is 199 g/mol. The Morgan fingerprint density at radius 1 is 1.33 bits per heavy atom. The zero-order valence-electron chi connectivity index (χ0n) is 8.48. The molecule has 0 bridgehead atoms. The molecule has 1 N–H and O–H groups in total. The van der Waals surface area contributed by atoms with Gasteiger partial charge in [-0.15, -0.1) is 12.3 Å². The number of para-hydroxylation sites is 1. The molecule has 0 atom stereocenters. The van der Waals surface area contributed by atoms with Crippen LogP contribution in [0.1, 0.15) is 12.0 Å². The fourth-order valence-electron chi connectivity index (χ4n) is 1.84. The lowest BCUT2D eigenvalue weighted by atomic mass is 10.1. The van der Waals surface area contributed by atoms with Crippen LogP contribution >= 0.6 is 0 Å². The minimum atomic E-state index is 0.0669. The van der Waals surface area contributed by atoms with Gasteiger partial charge < -0.3 is 9.67 Å². The Hall–Kier alpha value is -1.72. The summed E-state index contributed by atoms with van der Waals surface area (Å²) in [7, 11) is 0. The van der Waals surface area contributed by atoms with Gasteiger partial charge in [0, 0.05) is 24.7 Å². The average molecular weight is 199 g/mol. The summed E-state index contributed by atoms with van der Waals surface area (Å²) in [6.45, 7) is 0.869. The standard InChI is InChI=1S/C13H13NO/c1-2-3-8-14-9-7-11-5-4-6-12(10-15)13(11)14/h1,4-7,9,15H,3,8,10H2. The van der Waals surface area contributed by atoms with Gasteiger partial charge in [0.2, 0.25) is 0 Å². The van der Waals surface area contributed by atoms with Crippen LogP contribution < -0.4 is 0 Å². The predicted octanol–water partition coefficient (Wildman–Crippen LogP) is 2.16. The molecular weight excluding hydrogens is 186 g/mol. The van der Waals surface area contributed by atoms with E-state index in [0.717, 1.165) is 23.0 Å². The van der Waals surface area contributed by atoms with Crippen LogP contribution in [0, 0.1) is 12.3 Å². The van der Waals surface area contributed by atoms with Gasteiger partial charge in [0.1, 0.15) is 0 Å². The number of aliphatic hydroxyl groups excluding tert-OH is 1. The Labute approximate surface area is 89.2 Å². The maximum atomic E-state index is 9.25. The number of aromatic nitrogens is 1. The van der Waals surface area contributed by atoms with E-state index in [0.29, 0.717) is 6.42 Å². The van der Waals surface area contributed by atoms with E-state index in [4.69, 9.17) is 6.42 Å². The summed E-state index contributed by atoms with van der Waals surface area (Å²) < 4.78 is 2.10. The second kappa shape index (κ2) is 4.20. The molecule has 76 valence electrons. The number of aryl methyl sites for hydroxylation is 1. The maximum Gasteiger partial charge on any atom is 0.0702 e. The van der Waals surface area contributed by atoms with Gasteiger partial charge in [0.15, 0.2) is 0 Å². The van der Waals surface area contributed by atoms with Crippen LogP contribution in [0.15, 0.2) is 30.5 Å². The van der Waals surface area contributed by atoms with Crippen molar-refractivity contribution >= 4 is 10.9 Å². The third-order valence-corrected chi connectivity index (χ3v) is 2.54. The topological polar surface area (TPSA) is 25.2 Å². The van der Waals surface area contributed by atoms with Crippen molar-refractivity contribution in [3.8, 4) is 12.3 Å². The molecule has 0 aliphatic heterocycles. The van der Waals surface area contributed by atoms with Crippen molar-refractivity contribution < 1.29 is 5.11 Å².